The van der Waals surface area contributed by atoms with E-state index in [4.69, 9.17) is 11.6 Å². The number of hydrogen-bond donors (Lipinski definition) is 1. The summed E-state index contributed by atoms with van der Waals surface area (Å²) in [5.41, 5.74) is 3.89. The van der Waals surface area contributed by atoms with Crippen LogP contribution in [-0.4, -0.2) is 20.1 Å². The van der Waals surface area contributed by atoms with Crippen LogP contribution in [0.1, 0.15) is 59.1 Å². The van der Waals surface area contributed by atoms with Crippen molar-refractivity contribution in [3.05, 3.63) is 46.5 Å². The maximum absolute atomic E-state index is 11.1. The van der Waals surface area contributed by atoms with Gasteiger partial charge in [-0.1, -0.05) is 59.2 Å². The van der Waals surface area contributed by atoms with Crippen molar-refractivity contribution in [1.82, 2.24) is 15.0 Å². The molecular weight excluding hydrogens is 346 g/mol. The number of halogens is 1. The quantitative estimate of drug-likeness (QED) is 0.636. The van der Waals surface area contributed by atoms with E-state index in [9.17, 15) is 5.11 Å². The number of hydrogen-bond acceptors (Lipinski definition) is 3. The molecule has 4 nitrogen and oxygen atoms in total. The number of phenols is 1. The summed E-state index contributed by atoms with van der Waals surface area (Å²) >= 11 is 6.07. The van der Waals surface area contributed by atoms with Gasteiger partial charge in [-0.3, -0.25) is 0 Å². The molecular formula is C21H26ClN3O. The van der Waals surface area contributed by atoms with Crippen LogP contribution in [0, 0.1) is 0 Å². The molecule has 0 aliphatic carbocycles. The summed E-state index contributed by atoms with van der Waals surface area (Å²) in [6.07, 6.45) is 0.914. The minimum atomic E-state index is -0.157. The number of benzene rings is 2. The first-order valence-electron chi connectivity index (χ1n) is 8.94. The standard InChI is InChI=1S/C21H26ClN3O/c1-7-21(5,6)15-10-13(20(2,3)4)11-18(19(15)26)25-23-16-9-8-14(22)12-17(16)24-25/h8-12,26H,7H2,1-6H3. The highest BCUT2D eigenvalue weighted by molar-refractivity contribution is 6.31. The predicted molar refractivity (Wildman–Crippen MR) is 108 cm³/mol. The smallest absolute Gasteiger partial charge is 0.146 e. The van der Waals surface area contributed by atoms with Gasteiger partial charge in [-0.05, 0) is 47.1 Å². The van der Waals surface area contributed by atoms with Crippen LogP contribution < -0.4 is 0 Å². The van der Waals surface area contributed by atoms with Crippen molar-refractivity contribution in [2.24, 2.45) is 0 Å². The average molecular weight is 372 g/mol. The van der Waals surface area contributed by atoms with Crippen LogP contribution in [0.15, 0.2) is 30.3 Å². The first kappa shape index (κ1) is 18.7. The second-order valence-corrected chi connectivity index (χ2v) is 8.94. The SMILES string of the molecule is CCC(C)(C)c1cc(C(C)(C)C)cc(-n2nc3ccc(Cl)cc3n2)c1O. The average Bonchev–Trinajstić information content (AvgIpc) is 2.96. The molecule has 0 aliphatic heterocycles. The molecule has 0 fully saturated rings. The van der Waals surface area contributed by atoms with Crippen LogP contribution in [0.5, 0.6) is 5.75 Å². The number of aromatic hydroxyl groups is 1. The van der Waals surface area contributed by atoms with E-state index < -0.39 is 0 Å². The Hall–Kier alpha value is -2.07. The van der Waals surface area contributed by atoms with Gasteiger partial charge in [0, 0.05) is 10.6 Å². The van der Waals surface area contributed by atoms with E-state index in [1.54, 1.807) is 12.1 Å². The molecule has 3 aromatic rings. The van der Waals surface area contributed by atoms with Crippen molar-refractivity contribution >= 4 is 22.6 Å². The first-order chi connectivity index (χ1) is 12.0. The zero-order valence-corrected chi connectivity index (χ0v) is 17.0. The van der Waals surface area contributed by atoms with Crippen LogP contribution in [0.2, 0.25) is 5.02 Å². The van der Waals surface area contributed by atoms with Crippen LogP contribution in [0.4, 0.5) is 0 Å². The lowest BCUT2D eigenvalue weighted by Gasteiger charge is -2.29. The Bertz CT molecular complexity index is 967. The highest BCUT2D eigenvalue weighted by atomic mass is 35.5. The van der Waals surface area contributed by atoms with Gasteiger partial charge in [0.05, 0.1) is 0 Å². The Morgan fingerprint density at radius 1 is 1.00 bits per heavy atom. The third-order valence-electron chi connectivity index (χ3n) is 5.13. The van der Waals surface area contributed by atoms with E-state index in [0.717, 1.165) is 23.1 Å². The van der Waals surface area contributed by atoms with Gasteiger partial charge in [0.25, 0.3) is 0 Å². The molecule has 0 spiro atoms. The summed E-state index contributed by atoms with van der Waals surface area (Å²) in [5.74, 6) is 0.233. The molecule has 138 valence electrons. The molecule has 5 heteroatoms. The van der Waals surface area contributed by atoms with Crippen molar-refractivity contribution in [3.63, 3.8) is 0 Å². The molecule has 0 radical (unpaired) electrons. The molecule has 0 amide bonds. The van der Waals surface area contributed by atoms with Crippen molar-refractivity contribution < 1.29 is 5.11 Å². The van der Waals surface area contributed by atoms with Crippen LogP contribution in [-0.2, 0) is 10.8 Å². The molecule has 2 aromatic carbocycles. The summed E-state index contributed by atoms with van der Waals surface area (Å²) in [7, 11) is 0. The van der Waals surface area contributed by atoms with Gasteiger partial charge in [-0.25, -0.2) is 0 Å². The van der Waals surface area contributed by atoms with E-state index in [0.29, 0.717) is 16.2 Å². The summed E-state index contributed by atoms with van der Waals surface area (Å²) in [6, 6.07) is 9.50. The van der Waals surface area contributed by atoms with E-state index in [1.807, 2.05) is 12.1 Å². The second kappa shape index (κ2) is 6.27. The summed E-state index contributed by atoms with van der Waals surface area (Å²) in [5, 5.41) is 20.7. The maximum Gasteiger partial charge on any atom is 0.146 e. The van der Waals surface area contributed by atoms with Crippen molar-refractivity contribution in [2.75, 3.05) is 0 Å². The molecule has 0 bridgehead atoms. The Morgan fingerprint density at radius 2 is 1.65 bits per heavy atom. The van der Waals surface area contributed by atoms with Crippen molar-refractivity contribution in [2.45, 2.75) is 58.8 Å². The highest BCUT2D eigenvalue weighted by Gasteiger charge is 2.28. The number of aromatic nitrogens is 3. The molecule has 1 heterocycles. The highest BCUT2D eigenvalue weighted by Crippen LogP contribution is 2.40. The number of nitrogens with zero attached hydrogens (tertiary/aromatic N) is 3. The molecule has 0 atom stereocenters. The van der Waals surface area contributed by atoms with Gasteiger partial charge in [-0.2, -0.15) is 0 Å². The van der Waals surface area contributed by atoms with Crippen molar-refractivity contribution in [3.8, 4) is 11.4 Å². The van der Waals surface area contributed by atoms with Gasteiger partial charge in [-0.15, -0.1) is 15.0 Å². The van der Waals surface area contributed by atoms with E-state index in [2.05, 4.69) is 57.8 Å². The van der Waals surface area contributed by atoms with Gasteiger partial charge in [0.2, 0.25) is 0 Å². The molecule has 0 unspecified atom stereocenters. The molecule has 3 rings (SSSR count). The molecule has 0 saturated heterocycles. The third-order valence-corrected chi connectivity index (χ3v) is 5.36. The van der Waals surface area contributed by atoms with E-state index in [-0.39, 0.29) is 16.6 Å². The van der Waals surface area contributed by atoms with Gasteiger partial charge < -0.3 is 5.11 Å². The van der Waals surface area contributed by atoms with E-state index >= 15 is 0 Å². The maximum atomic E-state index is 11.1. The molecule has 1 N–H and O–H groups in total. The van der Waals surface area contributed by atoms with Crippen LogP contribution >= 0.6 is 11.6 Å². The molecule has 0 aliphatic rings. The van der Waals surface area contributed by atoms with Gasteiger partial charge in [0.15, 0.2) is 0 Å². The predicted octanol–water partition coefficient (Wildman–Crippen LogP) is 5.76. The Labute approximate surface area is 159 Å². The minimum absolute atomic E-state index is 0.0586. The number of phenolic OH excluding ortho intramolecular Hbond substituents is 1. The summed E-state index contributed by atoms with van der Waals surface area (Å²) in [4.78, 5) is 1.51. The fraction of sp³-hybridized carbons (Fsp3) is 0.429. The lowest BCUT2D eigenvalue weighted by molar-refractivity contribution is 0.421. The lowest BCUT2D eigenvalue weighted by Crippen LogP contribution is -2.20. The minimum Gasteiger partial charge on any atom is -0.505 e. The summed E-state index contributed by atoms with van der Waals surface area (Å²) in [6.45, 7) is 12.9. The Morgan fingerprint density at radius 3 is 2.27 bits per heavy atom. The first-order valence-corrected chi connectivity index (χ1v) is 9.31. The van der Waals surface area contributed by atoms with Crippen LogP contribution in [0.3, 0.4) is 0 Å². The molecule has 0 saturated carbocycles. The zero-order chi connectivity index (χ0) is 19.3. The molecule has 26 heavy (non-hydrogen) atoms. The normalized spacial score (nSPS) is 12.7. The second-order valence-electron chi connectivity index (χ2n) is 8.50. The third kappa shape index (κ3) is 3.30. The fourth-order valence-corrected chi connectivity index (χ4v) is 3.07. The van der Waals surface area contributed by atoms with Gasteiger partial charge in [0.1, 0.15) is 22.5 Å². The van der Waals surface area contributed by atoms with E-state index in [1.165, 1.54) is 4.80 Å². The fourth-order valence-electron chi connectivity index (χ4n) is 2.91. The number of rotatable bonds is 3. The van der Waals surface area contributed by atoms with Gasteiger partial charge >= 0.3 is 0 Å². The Kier molecular flexibility index (Phi) is 4.51. The largest absolute Gasteiger partial charge is 0.505 e. The topological polar surface area (TPSA) is 50.9 Å². The Balaban J connectivity index is 2.29. The molecule has 1 aromatic heterocycles. The van der Waals surface area contributed by atoms with Crippen LogP contribution in [0.25, 0.3) is 16.7 Å². The monoisotopic (exact) mass is 371 g/mol. The number of fused-ring (bicyclic) bond motifs is 1. The lowest BCUT2D eigenvalue weighted by atomic mass is 9.77. The van der Waals surface area contributed by atoms with Crippen molar-refractivity contribution in [1.29, 1.82) is 0 Å². The summed E-state index contributed by atoms with van der Waals surface area (Å²) < 4.78 is 0. The zero-order valence-electron chi connectivity index (χ0n) is 16.3.